The van der Waals surface area contributed by atoms with Crippen molar-refractivity contribution in [3.05, 3.63) is 143 Å². The topological polar surface area (TPSA) is 105 Å². The quantitative estimate of drug-likeness (QED) is 0.129. The molecule has 0 heterocycles. The Balaban J connectivity index is 1.40. The molecule has 0 radical (unpaired) electrons. The predicted octanol–water partition coefficient (Wildman–Crippen LogP) is 8.30. The van der Waals surface area contributed by atoms with Crippen molar-refractivity contribution in [3.8, 4) is 11.5 Å². The van der Waals surface area contributed by atoms with Gasteiger partial charge >= 0.3 is 5.97 Å². The van der Waals surface area contributed by atoms with Gasteiger partial charge in [-0.1, -0.05) is 65.7 Å². The van der Waals surface area contributed by atoms with Crippen LogP contribution in [0, 0.1) is 13.8 Å². The lowest BCUT2D eigenvalue weighted by molar-refractivity contribution is 0.0697. The third-order valence-electron chi connectivity index (χ3n) is 6.65. The number of aromatic carboxylic acids is 1. The molecule has 9 heteroatoms. The van der Waals surface area contributed by atoms with Gasteiger partial charge < -0.3 is 14.6 Å². The van der Waals surface area contributed by atoms with E-state index in [1.54, 1.807) is 54.6 Å². The maximum atomic E-state index is 13.2. The molecule has 0 atom stereocenters. The summed E-state index contributed by atoms with van der Waals surface area (Å²) in [4.78, 5) is 13.2. The molecule has 0 saturated carbocycles. The molecule has 0 bridgehead atoms. The van der Waals surface area contributed by atoms with Gasteiger partial charge in [0.05, 0.1) is 21.8 Å². The fourth-order valence-electron chi connectivity index (χ4n) is 4.33. The average molecular weight is 611 g/mol. The molecule has 0 saturated heterocycles. The molecule has 0 fully saturated rings. The smallest absolute Gasteiger partial charge is 0.337 e. The second-order valence-electron chi connectivity index (χ2n) is 10.0. The average Bonchev–Trinajstić information content (AvgIpc) is 2.99. The van der Waals surface area contributed by atoms with Gasteiger partial charge in [0.1, 0.15) is 11.5 Å². The Labute approximate surface area is 255 Å². The molecule has 5 aromatic rings. The second-order valence-corrected chi connectivity index (χ2v) is 12.6. The lowest BCUT2D eigenvalue weighted by Crippen LogP contribution is -2.14. The summed E-state index contributed by atoms with van der Waals surface area (Å²) in [7, 11) is -3.83. The van der Waals surface area contributed by atoms with Crippen LogP contribution in [0.4, 0.5) is 11.4 Å². The Morgan fingerprint density at radius 2 is 1.37 bits per heavy atom. The molecule has 0 spiro atoms. The lowest BCUT2D eigenvalue weighted by atomic mass is 10.0. The highest BCUT2D eigenvalue weighted by molar-refractivity contribution is 8.00. The Hall–Kier alpha value is -4.73. The van der Waals surface area contributed by atoms with Crippen molar-refractivity contribution in [2.45, 2.75) is 30.1 Å². The highest BCUT2D eigenvalue weighted by Crippen LogP contribution is 2.33. The number of carboxylic acid groups (broad SMARTS) is 1. The summed E-state index contributed by atoms with van der Waals surface area (Å²) in [5.74, 6) is -0.319. The minimum Gasteiger partial charge on any atom is -0.478 e. The third-order valence-corrected chi connectivity index (χ3v) is 8.86. The summed E-state index contributed by atoms with van der Waals surface area (Å²) in [6.07, 6.45) is 0.448. The van der Waals surface area contributed by atoms with Crippen LogP contribution in [0.25, 0.3) is 0 Å². The standard InChI is InChI=1S/C34H30N2O5S2/c1-23-8-14-29(15-9-23)42-35-33-19-13-28(22-31(33)34(37)38)41-27-12-18-32(26(21-27)20-25-6-4-3-5-7-25)36-43(39,40)30-16-10-24(2)11-17-30/h3-19,21-22,35-36H,20H2,1-2H3,(H,37,38). The molecule has 3 N–H and O–H groups in total. The first kappa shape index (κ1) is 29.8. The Morgan fingerprint density at radius 3 is 2.02 bits per heavy atom. The van der Waals surface area contributed by atoms with Crippen molar-refractivity contribution >= 4 is 39.3 Å². The molecular weight excluding hydrogens is 581 g/mol. The molecule has 43 heavy (non-hydrogen) atoms. The van der Waals surface area contributed by atoms with E-state index >= 15 is 0 Å². The van der Waals surface area contributed by atoms with Crippen molar-refractivity contribution in [1.29, 1.82) is 0 Å². The fraction of sp³-hybridized carbons (Fsp3) is 0.0882. The SMILES string of the molecule is Cc1ccc(SNc2ccc(Oc3ccc(NS(=O)(=O)c4ccc(C)cc4)c(Cc4ccccc4)c3)cc2C(=O)O)cc1. The molecule has 0 aromatic heterocycles. The van der Waals surface area contributed by atoms with Gasteiger partial charge in [-0.2, -0.15) is 0 Å². The van der Waals surface area contributed by atoms with Crippen LogP contribution in [0.1, 0.15) is 32.6 Å². The van der Waals surface area contributed by atoms with Crippen LogP contribution in [-0.4, -0.2) is 19.5 Å². The van der Waals surface area contributed by atoms with Crippen LogP contribution < -0.4 is 14.2 Å². The van der Waals surface area contributed by atoms with Crippen LogP contribution in [0.2, 0.25) is 0 Å². The summed E-state index contributed by atoms with van der Waals surface area (Å²) < 4.78 is 38.3. The molecule has 5 rings (SSSR count). The van der Waals surface area contributed by atoms with E-state index in [1.165, 1.54) is 18.0 Å². The number of ether oxygens (including phenoxy) is 1. The first-order valence-corrected chi connectivity index (χ1v) is 15.8. The number of hydrogen-bond acceptors (Lipinski definition) is 6. The fourth-order valence-corrected chi connectivity index (χ4v) is 6.10. The molecule has 218 valence electrons. The number of carbonyl (C=O) groups is 1. The van der Waals surface area contributed by atoms with E-state index in [2.05, 4.69) is 9.44 Å². The van der Waals surface area contributed by atoms with Gasteiger partial charge in [0.2, 0.25) is 0 Å². The van der Waals surface area contributed by atoms with Crippen LogP contribution in [0.3, 0.4) is 0 Å². The van der Waals surface area contributed by atoms with E-state index in [0.717, 1.165) is 21.6 Å². The van der Waals surface area contributed by atoms with Crippen molar-refractivity contribution in [1.82, 2.24) is 0 Å². The van der Waals surface area contributed by atoms with Gasteiger partial charge in [-0.25, -0.2) is 13.2 Å². The van der Waals surface area contributed by atoms with Crippen molar-refractivity contribution < 1.29 is 23.1 Å². The molecule has 0 aliphatic heterocycles. The van der Waals surface area contributed by atoms with Gasteiger partial charge in [-0.05, 0) is 104 Å². The Morgan fingerprint density at radius 1 is 0.767 bits per heavy atom. The van der Waals surface area contributed by atoms with E-state index < -0.39 is 16.0 Å². The molecule has 5 aromatic carbocycles. The maximum Gasteiger partial charge on any atom is 0.337 e. The zero-order valence-corrected chi connectivity index (χ0v) is 25.2. The monoisotopic (exact) mass is 610 g/mol. The number of hydrogen-bond donors (Lipinski definition) is 3. The highest BCUT2D eigenvalue weighted by atomic mass is 32.2. The van der Waals surface area contributed by atoms with Crippen LogP contribution in [0.5, 0.6) is 11.5 Å². The number of anilines is 2. The number of rotatable bonds is 11. The number of carboxylic acids is 1. The van der Waals surface area contributed by atoms with E-state index in [1.807, 2.05) is 68.4 Å². The van der Waals surface area contributed by atoms with Crippen molar-refractivity contribution in [3.63, 3.8) is 0 Å². The molecule has 0 amide bonds. The number of sulfonamides is 1. The first-order chi connectivity index (χ1) is 20.7. The van der Waals surface area contributed by atoms with Gasteiger partial charge in [-0.3, -0.25) is 4.72 Å². The largest absolute Gasteiger partial charge is 0.478 e. The normalized spacial score (nSPS) is 11.1. The zero-order valence-electron chi connectivity index (χ0n) is 23.6. The Bertz CT molecular complexity index is 1840. The zero-order chi connectivity index (χ0) is 30.4. The minimum absolute atomic E-state index is 0.0594. The molecule has 7 nitrogen and oxygen atoms in total. The maximum absolute atomic E-state index is 13.2. The van der Waals surface area contributed by atoms with E-state index in [4.69, 9.17) is 4.74 Å². The lowest BCUT2D eigenvalue weighted by Gasteiger charge is -2.16. The van der Waals surface area contributed by atoms with Gasteiger partial charge in [-0.15, -0.1) is 0 Å². The van der Waals surface area contributed by atoms with E-state index in [9.17, 15) is 18.3 Å². The van der Waals surface area contributed by atoms with Crippen molar-refractivity contribution in [2.75, 3.05) is 9.44 Å². The summed E-state index contributed by atoms with van der Waals surface area (Å²) >= 11 is 1.32. The van der Waals surface area contributed by atoms with Gasteiger partial charge in [0.15, 0.2) is 0 Å². The summed E-state index contributed by atoms with van der Waals surface area (Å²) in [5, 5.41) is 9.88. The summed E-state index contributed by atoms with van der Waals surface area (Å²) in [6.45, 7) is 3.90. The third kappa shape index (κ3) is 7.77. The molecular formula is C34H30N2O5S2. The molecule has 0 aliphatic carbocycles. The van der Waals surface area contributed by atoms with Crippen LogP contribution in [0.15, 0.2) is 125 Å². The van der Waals surface area contributed by atoms with Crippen molar-refractivity contribution in [2.24, 2.45) is 0 Å². The van der Waals surface area contributed by atoms with Crippen LogP contribution >= 0.6 is 11.9 Å². The summed E-state index contributed by atoms with van der Waals surface area (Å²) in [6, 6.07) is 34.1. The second kappa shape index (κ2) is 13.1. The van der Waals surface area contributed by atoms with E-state index in [-0.39, 0.29) is 10.5 Å². The van der Waals surface area contributed by atoms with E-state index in [0.29, 0.717) is 34.9 Å². The Kier molecular flexibility index (Phi) is 9.04. The predicted molar refractivity (Wildman–Crippen MR) is 172 cm³/mol. The number of nitrogens with one attached hydrogen (secondary N) is 2. The minimum atomic E-state index is -3.83. The first-order valence-electron chi connectivity index (χ1n) is 13.5. The molecule has 0 unspecified atom stereocenters. The van der Waals surface area contributed by atoms with Crippen LogP contribution in [-0.2, 0) is 16.4 Å². The van der Waals surface area contributed by atoms with Gasteiger partial charge in [0.25, 0.3) is 10.0 Å². The van der Waals surface area contributed by atoms with Gasteiger partial charge in [0, 0.05) is 4.90 Å². The number of benzene rings is 5. The molecule has 0 aliphatic rings. The number of aryl methyl sites for hydroxylation is 2. The summed E-state index contributed by atoms with van der Waals surface area (Å²) in [5.41, 5.74) is 4.72. The highest BCUT2D eigenvalue weighted by Gasteiger charge is 2.18.